The predicted molar refractivity (Wildman–Crippen MR) is 104 cm³/mol. The third-order valence-corrected chi connectivity index (χ3v) is 7.12. The molecule has 1 aliphatic heterocycles. The summed E-state index contributed by atoms with van der Waals surface area (Å²) in [4.78, 5) is 3.74. The van der Waals surface area contributed by atoms with Gasteiger partial charge in [0.15, 0.2) is 0 Å². The molecule has 0 amide bonds. The van der Waals surface area contributed by atoms with E-state index in [0.717, 1.165) is 45.9 Å². The van der Waals surface area contributed by atoms with Gasteiger partial charge in [0.2, 0.25) is 10.0 Å². The molecule has 0 unspecified atom stereocenters. The van der Waals surface area contributed by atoms with E-state index in [0.29, 0.717) is 18.0 Å². The Balaban J connectivity index is 1.71. The molecule has 1 N–H and O–H groups in total. The highest BCUT2D eigenvalue weighted by Crippen LogP contribution is 2.28. The number of hydrogen-bond donors (Lipinski definition) is 1. The Hall–Kier alpha value is -1.63. The van der Waals surface area contributed by atoms with Crippen molar-refractivity contribution in [2.75, 3.05) is 13.1 Å². The minimum atomic E-state index is -3.40. The fraction of sp³-hybridized carbons (Fsp3) is 0.263. The first kappa shape index (κ1) is 16.8. The molecule has 0 radical (unpaired) electrons. The summed E-state index contributed by atoms with van der Waals surface area (Å²) in [5, 5.41) is 0.913. The van der Waals surface area contributed by atoms with Gasteiger partial charge in [0.1, 0.15) is 0 Å². The lowest BCUT2D eigenvalue weighted by Gasteiger charge is -2.25. The zero-order valence-electron chi connectivity index (χ0n) is 13.7. The van der Waals surface area contributed by atoms with Gasteiger partial charge in [-0.2, -0.15) is 4.31 Å². The van der Waals surface area contributed by atoms with E-state index >= 15 is 0 Å². The van der Waals surface area contributed by atoms with Gasteiger partial charge >= 0.3 is 0 Å². The second-order valence-corrected chi connectivity index (χ2v) is 9.26. The molecule has 1 aliphatic rings. The predicted octanol–water partition coefficient (Wildman–Crippen LogP) is 4.77. The average molecular weight is 419 g/mol. The number of H-pyrrole nitrogens is 1. The molecule has 0 atom stereocenters. The molecular formula is C19H19BrN2O2S. The highest BCUT2D eigenvalue weighted by Gasteiger charge is 2.26. The number of aromatic amines is 1. The van der Waals surface area contributed by atoms with Crippen molar-refractivity contribution in [2.45, 2.75) is 24.2 Å². The SMILES string of the molecule is O=S(=O)(c1ccc2[nH]c(-c3ccc(Br)cc3)cc2c1)N1CCCCC1. The zero-order chi connectivity index (χ0) is 17.4. The maximum absolute atomic E-state index is 12.9. The molecule has 0 bridgehead atoms. The van der Waals surface area contributed by atoms with Crippen LogP contribution in [-0.4, -0.2) is 30.8 Å². The maximum Gasteiger partial charge on any atom is 0.243 e. The second kappa shape index (κ2) is 6.59. The van der Waals surface area contributed by atoms with Crippen LogP contribution in [0.3, 0.4) is 0 Å². The molecule has 0 spiro atoms. The Morgan fingerprint density at radius 3 is 2.36 bits per heavy atom. The first-order chi connectivity index (χ1) is 12.0. The molecule has 4 nitrogen and oxygen atoms in total. The Bertz CT molecular complexity index is 1000. The van der Waals surface area contributed by atoms with Crippen LogP contribution in [0.1, 0.15) is 19.3 Å². The second-order valence-electron chi connectivity index (χ2n) is 6.40. The van der Waals surface area contributed by atoms with E-state index in [2.05, 4.69) is 20.9 Å². The van der Waals surface area contributed by atoms with Crippen LogP contribution in [0.15, 0.2) is 57.9 Å². The van der Waals surface area contributed by atoms with Gasteiger partial charge in [-0.15, -0.1) is 0 Å². The van der Waals surface area contributed by atoms with Crippen LogP contribution in [-0.2, 0) is 10.0 Å². The first-order valence-electron chi connectivity index (χ1n) is 8.43. The maximum atomic E-state index is 12.9. The van der Waals surface area contributed by atoms with E-state index in [1.165, 1.54) is 0 Å². The van der Waals surface area contributed by atoms with Gasteiger partial charge in [0.25, 0.3) is 0 Å². The molecule has 2 heterocycles. The van der Waals surface area contributed by atoms with Crippen molar-refractivity contribution in [3.8, 4) is 11.3 Å². The van der Waals surface area contributed by atoms with Crippen molar-refractivity contribution in [3.05, 3.63) is 53.0 Å². The molecular weight excluding hydrogens is 400 g/mol. The quantitative estimate of drug-likeness (QED) is 0.665. The lowest BCUT2D eigenvalue weighted by Crippen LogP contribution is -2.35. The van der Waals surface area contributed by atoms with Gasteiger partial charge < -0.3 is 4.98 Å². The zero-order valence-corrected chi connectivity index (χ0v) is 16.1. The molecule has 3 aromatic rings. The molecule has 0 saturated carbocycles. The van der Waals surface area contributed by atoms with Gasteiger partial charge in [0, 0.05) is 34.2 Å². The number of nitrogens with one attached hydrogen (secondary N) is 1. The fourth-order valence-electron chi connectivity index (χ4n) is 3.31. The Morgan fingerprint density at radius 1 is 0.920 bits per heavy atom. The minimum Gasteiger partial charge on any atom is -0.355 e. The van der Waals surface area contributed by atoms with Crippen molar-refractivity contribution in [3.63, 3.8) is 0 Å². The van der Waals surface area contributed by atoms with Crippen molar-refractivity contribution in [1.82, 2.24) is 9.29 Å². The summed E-state index contributed by atoms with van der Waals surface area (Å²) >= 11 is 3.44. The van der Waals surface area contributed by atoms with E-state index in [1.807, 2.05) is 36.4 Å². The number of nitrogens with zero attached hydrogens (tertiary/aromatic N) is 1. The number of rotatable bonds is 3. The van der Waals surface area contributed by atoms with Gasteiger partial charge in [0.05, 0.1) is 4.90 Å². The summed E-state index contributed by atoms with van der Waals surface area (Å²) in [6.45, 7) is 1.25. The van der Waals surface area contributed by atoms with Crippen LogP contribution in [0.25, 0.3) is 22.2 Å². The van der Waals surface area contributed by atoms with E-state index < -0.39 is 10.0 Å². The molecule has 6 heteroatoms. The summed E-state index contributed by atoms with van der Waals surface area (Å²) < 4.78 is 28.4. The Kier molecular flexibility index (Phi) is 4.43. The van der Waals surface area contributed by atoms with Crippen molar-refractivity contribution >= 4 is 36.9 Å². The van der Waals surface area contributed by atoms with Gasteiger partial charge in [-0.1, -0.05) is 34.5 Å². The van der Waals surface area contributed by atoms with Crippen LogP contribution in [0.5, 0.6) is 0 Å². The number of sulfonamides is 1. The highest BCUT2D eigenvalue weighted by molar-refractivity contribution is 9.10. The number of benzene rings is 2. The first-order valence-corrected chi connectivity index (χ1v) is 10.7. The molecule has 2 aromatic carbocycles. The third-order valence-electron chi connectivity index (χ3n) is 4.70. The smallest absolute Gasteiger partial charge is 0.243 e. The summed E-state index contributed by atoms with van der Waals surface area (Å²) in [6, 6.07) is 15.4. The van der Waals surface area contributed by atoms with Gasteiger partial charge in [-0.25, -0.2) is 8.42 Å². The molecule has 25 heavy (non-hydrogen) atoms. The summed E-state index contributed by atoms with van der Waals surface area (Å²) in [5.41, 5.74) is 2.99. The number of hydrogen-bond acceptors (Lipinski definition) is 2. The van der Waals surface area contributed by atoms with E-state index in [9.17, 15) is 8.42 Å². The third kappa shape index (κ3) is 3.26. The van der Waals surface area contributed by atoms with Crippen LogP contribution in [0, 0.1) is 0 Å². The van der Waals surface area contributed by atoms with E-state index in [1.54, 1.807) is 16.4 Å². The largest absolute Gasteiger partial charge is 0.355 e. The molecule has 1 saturated heterocycles. The van der Waals surface area contributed by atoms with Gasteiger partial charge in [-0.3, -0.25) is 0 Å². The van der Waals surface area contributed by atoms with Gasteiger partial charge in [-0.05, 0) is 54.8 Å². The van der Waals surface area contributed by atoms with Crippen molar-refractivity contribution < 1.29 is 8.42 Å². The van der Waals surface area contributed by atoms with Crippen LogP contribution in [0.2, 0.25) is 0 Å². The molecule has 1 fully saturated rings. The summed E-state index contributed by atoms with van der Waals surface area (Å²) in [6.07, 6.45) is 3.00. The Labute approximate surface area is 156 Å². The van der Waals surface area contributed by atoms with Crippen LogP contribution in [0.4, 0.5) is 0 Å². The number of piperidine rings is 1. The molecule has 1 aromatic heterocycles. The van der Waals surface area contributed by atoms with E-state index in [4.69, 9.17) is 0 Å². The lowest BCUT2D eigenvalue weighted by molar-refractivity contribution is 0.346. The van der Waals surface area contributed by atoms with Crippen LogP contribution >= 0.6 is 15.9 Å². The average Bonchev–Trinajstić information content (AvgIpc) is 3.06. The normalized spacial score (nSPS) is 16.4. The molecule has 0 aliphatic carbocycles. The minimum absolute atomic E-state index is 0.378. The molecule has 130 valence electrons. The number of aromatic nitrogens is 1. The monoisotopic (exact) mass is 418 g/mol. The number of halogens is 1. The standard InChI is InChI=1S/C19H19BrN2O2S/c20-16-6-4-14(5-7-16)19-13-15-12-17(8-9-18(15)21-19)25(23,24)22-10-2-1-3-11-22/h4-9,12-13,21H,1-3,10-11H2. The fourth-order valence-corrected chi connectivity index (χ4v) is 5.13. The van der Waals surface area contributed by atoms with Crippen LogP contribution < -0.4 is 0 Å². The van der Waals surface area contributed by atoms with E-state index in [-0.39, 0.29) is 0 Å². The summed E-state index contributed by atoms with van der Waals surface area (Å²) in [7, 11) is -3.40. The number of fused-ring (bicyclic) bond motifs is 1. The van der Waals surface area contributed by atoms with Crippen molar-refractivity contribution in [2.24, 2.45) is 0 Å². The Morgan fingerprint density at radius 2 is 1.64 bits per heavy atom. The topological polar surface area (TPSA) is 53.2 Å². The summed E-state index contributed by atoms with van der Waals surface area (Å²) in [5.74, 6) is 0. The molecule has 4 rings (SSSR count). The lowest BCUT2D eigenvalue weighted by atomic mass is 10.1. The van der Waals surface area contributed by atoms with Crippen molar-refractivity contribution in [1.29, 1.82) is 0 Å². The highest BCUT2D eigenvalue weighted by atomic mass is 79.9.